The van der Waals surface area contributed by atoms with Gasteiger partial charge in [-0.2, -0.15) is 5.10 Å². The van der Waals surface area contributed by atoms with Crippen molar-refractivity contribution in [1.29, 1.82) is 0 Å². The summed E-state index contributed by atoms with van der Waals surface area (Å²) < 4.78 is 2.76. The van der Waals surface area contributed by atoms with Crippen LogP contribution in [0.2, 0.25) is 0 Å². The van der Waals surface area contributed by atoms with Gasteiger partial charge in [-0.25, -0.2) is 4.79 Å². The molecule has 0 unspecified atom stereocenters. The van der Waals surface area contributed by atoms with Gasteiger partial charge in [-0.3, -0.25) is 4.68 Å². The van der Waals surface area contributed by atoms with Crippen LogP contribution in [0.4, 0.5) is 0 Å². The van der Waals surface area contributed by atoms with E-state index >= 15 is 0 Å². The number of aromatic nitrogens is 2. The van der Waals surface area contributed by atoms with E-state index in [0.29, 0.717) is 6.54 Å². The number of aryl methyl sites for hydroxylation is 1. The van der Waals surface area contributed by atoms with E-state index in [4.69, 9.17) is 5.11 Å². The summed E-state index contributed by atoms with van der Waals surface area (Å²) in [6, 6.07) is 9.53. The molecule has 1 heterocycles. The number of hydrogen-bond acceptors (Lipinski definition) is 2. The summed E-state index contributed by atoms with van der Waals surface area (Å²) in [5.74, 6) is -0.987. The largest absolute Gasteiger partial charge is 0.476 e. The van der Waals surface area contributed by atoms with Gasteiger partial charge >= 0.3 is 5.97 Å². The monoisotopic (exact) mass is 308 g/mol. The van der Waals surface area contributed by atoms with Gasteiger partial charge in [0.15, 0.2) is 5.69 Å². The van der Waals surface area contributed by atoms with Crippen LogP contribution in [0.25, 0.3) is 0 Å². The van der Waals surface area contributed by atoms with Crippen LogP contribution in [0.15, 0.2) is 34.8 Å². The molecule has 0 aliphatic rings. The molecule has 0 aliphatic heterocycles. The molecule has 0 saturated carbocycles. The Labute approximate surface area is 113 Å². The predicted octanol–water partition coefficient (Wildman–Crippen LogP) is 2.95. The zero-order valence-electron chi connectivity index (χ0n) is 9.93. The molecule has 1 aromatic heterocycles. The lowest BCUT2D eigenvalue weighted by Gasteiger charge is -2.05. The van der Waals surface area contributed by atoms with Gasteiger partial charge in [0.1, 0.15) is 0 Å². The van der Waals surface area contributed by atoms with Crippen LogP contribution in [0.5, 0.6) is 0 Å². The average Bonchev–Trinajstić information content (AvgIpc) is 2.75. The van der Waals surface area contributed by atoms with Crippen LogP contribution >= 0.6 is 15.9 Å². The smallest absolute Gasteiger partial charge is 0.356 e. The Kier molecular flexibility index (Phi) is 3.81. The first-order chi connectivity index (χ1) is 8.60. The molecule has 2 rings (SSSR count). The Bertz CT molecular complexity index is 561. The maximum atomic E-state index is 10.9. The molecular weight excluding hydrogens is 296 g/mol. The number of hydrogen-bond donors (Lipinski definition) is 1. The third-order valence-electron chi connectivity index (χ3n) is 2.69. The van der Waals surface area contributed by atoms with Crippen LogP contribution in [0.1, 0.15) is 28.7 Å². The van der Waals surface area contributed by atoms with Crippen LogP contribution in [-0.4, -0.2) is 20.9 Å². The van der Waals surface area contributed by atoms with Crippen LogP contribution in [0, 0.1) is 0 Å². The zero-order valence-corrected chi connectivity index (χ0v) is 11.5. The van der Waals surface area contributed by atoms with Crippen molar-refractivity contribution in [2.75, 3.05) is 0 Å². The molecule has 0 spiro atoms. The van der Waals surface area contributed by atoms with Crippen molar-refractivity contribution in [3.8, 4) is 0 Å². The highest BCUT2D eigenvalue weighted by Gasteiger charge is 2.12. The summed E-state index contributed by atoms with van der Waals surface area (Å²) in [5.41, 5.74) is 2.12. The molecule has 4 nitrogen and oxygen atoms in total. The third-order valence-corrected chi connectivity index (χ3v) is 3.22. The van der Waals surface area contributed by atoms with Crippen molar-refractivity contribution in [1.82, 2.24) is 9.78 Å². The van der Waals surface area contributed by atoms with Gasteiger partial charge in [-0.1, -0.05) is 35.0 Å². The fourth-order valence-corrected chi connectivity index (χ4v) is 2.01. The number of halogens is 1. The molecule has 0 bridgehead atoms. The van der Waals surface area contributed by atoms with Crippen LogP contribution in [-0.2, 0) is 13.0 Å². The molecule has 0 saturated heterocycles. The van der Waals surface area contributed by atoms with Gasteiger partial charge in [-0.05, 0) is 30.2 Å². The van der Waals surface area contributed by atoms with Crippen LogP contribution < -0.4 is 0 Å². The third kappa shape index (κ3) is 2.79. The molecule has 1 aromatic carbocycles. The summed E-state index contributed by atoms with van der Waals surface area (Å²) in [5, 5.41) is 13.0. The summed E-state index contributed by atoms with van der Waals surface area (Å²) in [6.07, 6.45) is 0.761. The Morgan fingerprint density at radius 3 is 2.61 bits per heavy atom. The number of carboxylic acids is 1. The summed E-state index contributed by atoms with van der Waals surface area (Å²) in [6.45, 7) is 2.57. The minimum atomic E-state index is -0.987. The summed E-state index contributed by atoms with van der Waals surface area (Å²) >= 11 is 3.38. The van der Waals surface area contributed by atoms with Crippen LogP contribution in [0.3, 0.4) is 0 Å². The Morgan fingerprint density at radius 1 is 1.39 bits per heavy atom. The molecule has 2 aromatic rings. The van der Waals surface area contributed by atoms with Crippen molar-refractivity contribution in [3.63, 3.8) is 0 Å². The van der Waals surface area contributed by atoms with Gasteiger partial charge in [0.05, 0.1) is 6.54 Å². The van der Waals surface area contributed by atoms with Gasteiger partial charge in [-0.15, -0.1) is 0 Å². The number of rotatable bonds is 4. The first-order valence-electron chi connectivity index (χ1n) is 5.64. The molecule has 5 heteroatoms. The second-order valence-corrected chi connectivity index (χ2v) is 4.88. The van der Waals surface area contributed by atoms with Gasteiger partial charge < -0.3 is 5.11 Å². The van der Waals surface area contributed by atoms with E-state index in [9.17, 15) is 4.79 Å². The second-order valence-electron chi connectivity index (χ2n) is 3.96. The number of benzene rings is 1. The average molecular weight is 309 g/mol. The maximum absolute atomic E-state index is 10.9. The highest BCUT2D eigenvalue weighted by molar-refractivity contribution is 9.10. The van der Waals surface area contributed by atoms with E-state index in [-0.39, 0.29) is 5.69 Å². The Balaban J connectivity index is 2.27. The molecule has 0 aliphatic carbocycles. The van der Waals surface area contributed by atoms with E-state index in [2.05, 4.69) is 21.0 Å². The SMILES string of the molecule is CCc1cc(C(=O)O)nn1Cc1ccc(Br)cc1. The molecule has 94 valence electrons. The Morgan fingerprint density at radius 2 is 2.06 bits per heavy atom. The van der Waals surface area contributed by atoms with E-state index in [0.717, 1.165) is 22.2 Å². The quantitative estimate of drug-likeness (QED) is 0.944. The number of carboxylic acid groups (broad SMARTS) is 1. The first kappa shape index (κ1) is 12.8. The molecule has 0 atom stereocenters. The highest BCUT2D eigenvalue weighted by atomic mass is 79.9. The molecular formula is C13H13BrN2O2. The normalized spacial score (nSPS) is 10.6. The molecule has 0 radical (unpaired) electrons. The van der Waals surface area contributed by atoms with Crippen molar-refractivity contribution >= 4 is 21.9 Å². The minimum Gasteiger partial charge on any atom is -0.476 e. The number of aromatic carboxylic acids is 1. The lowest BCUT2D eigenvalue weighted by atomic mass is 10.2. The van der Waals surface area contributed by atoms with Gasteiger partial charge in [0.2, 0.25) is 0 Å². The molecule has 0 amide bonds. The lowest BCUT2D eigenvalue weighted by Crippen LogP contribution is -2.07. The predicted molar refractivity (Wildman–Crippen MR) is 71.8 cm³/mol. The Hall–Kier alpha value is -1.62. The summed E-state index contributed by atoms with van der Waals surface area (Å²) in [7, 11) is 0. The zero-order chi connectivity index (χ0) is 13.1. The molecule has 18 heavy (non-hydrogen) atoms. The van der Waals surface area contributed by atoms with Crippen molar-refractivity contribution in [2.24, 2.45) is 0 Å². The fourth-order valence-electron chi connectivity index (χ4n) is 1.74. The second kappa shape index (κ2) is 5.35. The fraction of sp³-hybridized carbons (Fsp3) is 0.231. The highest BCUT2D eigenvalue weighted by Crippen LogP contribution is 2.13. The van der Waals surface area contributed by atoms with E-state index < -0.39 is 5.97 Å². The van der Waals surface area contributed by atoms with Crippen molar-refractivity contribution < 1.29 is 9.90 Å². The maximum Gasteiger partial charge on any atom is 0.356 e. The van der Waals surface area contributed by atoms with E-state index in [1.807, 2.05) is 31.2 Å². The first-order valence-corrected chi connectivity index (χ1v) is 6.44. The number of carbonyl (C=O) groups is 1. The number of nitrogens with zero attached hydrogens (tertiary/aromatic N) is 2. The van der Waals surface area contributed by atoms with E-state index in [1.165, 1.54) is 0 Å². The van der Waals surface area contributed by atoms with Crippen molar-refractivity contribution in [2.45, 2.75) is 19.9 Å². The van der Waals surface area contributed by atoms with E-state index in [1.54, 1.807) is 10.7 Å². The van der Waals surface area contributed by atoms with Gasteiger partial charge in [0, 0.05) is 10.2 Å². The minimum absolute atomic E-state index is 0.101. The molecule has 1 N–H and O–H groups in total. The topological polar surface area (TPSA) is 55.1 Å². The summed E-state index contributed by atoms with van der Waals surface area (Å²) in [4.78, 5) is 10.9. The molecule has 0 fully saturated rings. The standard InChI is InChI=1S/C13H13BrN2O2/c1-2-11-7-12(13(17)18)15-16(11)8-9-3-5-10(14)6-4-9/h3-7H,2,8H2,1H3,(H,17,18). The van der Waals surface area contributed by atoms with Gasteiger partial charge in [0.25, 0.3) is 0 Å². The van der Waals surface area contributed by atoms with Crippen molar-refractivity contribution in [3.05, 3.63) is 51.8 Å². The lowest BCUT2D eigenvalue weighted by molar-refractivity contribution is 0.0689.